The molecule has 3 aromatic rings. The van der Waals surface area contributed by atoms with Gasteiger partial charge in [0.2, 0.25) is 0 Å². The molecule has 37 heavy (non-hydrogen) atoms. The van der Waals surface area contributed by atoms with Gasteiger partial charge in [0.25, 0.3) is 5.91 Å². The van der Waals surface area contributed by atoms with E-state index in [1.54, 1.807) is 12.1 Å². The fraction of sp³-hybridized carbons (Fsp3) is 0.379. The zero-order valence-corrected chi connectivity index (χ0v) is 20.3. The molecule has 4 bridgehead atoms. The first-order valence-corrected chi connectivity index (χ1v) is 12.8. The average molecular weight is 507 g/mol. The molecule has 0 aliphatic heterocycles. The standard InChI is InChI=1S/C29H29F3N4O/c30-29(31,32)22-3-1-4-24(14-22)36(33)26-25(5-2-10-34-26)27(37)35-23-8-6-21(7-9-23)28-15-18-11-19(16-28)13-20(12-18)17-28/h1-10,14,18-20H,11-13,15-17,33H2,(H,35,37). The quantitative estimate of drug-likeness (QED) is 0.294. The predicted molar refractivity (Wildman–Crippen MR) is 136 cm³/mol. The largest absolute Gasteiger partial charge is 0.416 e. The Kier molecular flexibility index (Phi) is 5.75. The van der Waals surface area contributed by atoms with Crippen molar-refractivity contribution >= 4 is 23.1 Å². The van der Waals surface area contributed by atoms with Crippen LogP contribution in [0.4, 0.5) is 30.4 Å². The minimum Gasteiger partial charge on any atom is -0.322 e. The minimum absolute atomic E-state index is 0.0597. The van der Waals surface area contributed by atoms with Crippen LogP contribution in [0.25, 0.3) is 0 Å². The van der Waals surface area contributed by atoms with Gasteiger partial charge in [0.05, 0.1) is 16.8 Å². The summed E-state index contributed by atoms with van der Waals surface area (Å²) in [6.07, 6.45) is 4.91. The lowest BCUT2D eigenvalue weighted by molar-refractivity contribution is -0.137. The van der Waals surface area contributed by atoms with Gasteiger partial charge in [0.1, 0.15) is 0 Å². The number of halogens is 3. The molecule has 1 aromatic heterocycles. The van der Waals surface area contributed by atoms with Crippen molar-refractivity contribution in [3.63, 3.8) is 0 Å². The Hall–Kier alpha value is -3.39. The van der Waals surface area contributed by atoms with Crippen molar-refractivity contribution in [2.45, 2.75) is 50.1 Å². The van der Waals surface area contributed by atoms with Crippen molar-refractivity contribution in [1.29, 1.82) is 0 Å². The smallest absolute Gasteiger partial charge is 0.322 e. The molecule has 192 valence electrons. The molecule has 3 N–H and O–H groups in total. The molecule has 4 aliphatic rings. The summed E-state index contributed by atoms with van der Waals surface area (Å²) in [6, 6.07) is 15.9. The van der Waals surface area contributed by atoms with Crippen LogP contribution in [0.5, 0.6) is 0 Å². The Labute approximate surface area is 213 Å². The first-order chi connectivity index (χ1) is 17.7. The van der Waals surface area contributed by atoms with Crippen molar-refractivity contribution in [1.82, 2.24) is 4.98 Å². The second-order valence-electron chi connectivity index (χ2n) is 11.0. The molecule has 1 amide bonds. The van der Waals surface area contributed by atoms with Crippen LogP contribution in [0.15, 0.2) is 66.9 Å². The Morgan fingerprint density at radius 1 is 0.946 bits per heavy atom. The lowest BCUT2D eigenvalue weighted by Gasteiger charge is -2.57. The molecular formula is C29H29F3N4O. The number of hydrogen-bond acceptors (Lipinski definition) is 4. The molecule has 0 atom stereocenters. The van der Waals surface area contributed by atoms with Gasteiger partial charge in [0.15, 0.2) is 5.82 Å². The van der Waals surface area contributed by atoms with E-state index in [-0.39, 0.29) is 22.5 Å². The van der Waals surface area contributed by atoms with Gasteiger partial charge in [-0.2, -0.15) is 13.2 Å². The molecule has 8 heteroatoms. The van der Waals surface area contributed by atoms with Gasteiger partial charge in [-0.15, -0.1) is 0 Å². The van der Waals surface area contributed by atoms with Gasteiger partial charge in [-0.05, 0) is 110 Å². The number of pyridine rings is 1. The summed E-state index contributed by atoms with van der Waals surface area (Å²) in [5.41, 5.74) is 1.69. The number of carbonyl (C=O) groups is 1. The normalized spacial score (nSPS) is 26.2. The predicted octanol–water partition coefficient (Wildman–Crippen LogP) is 6.83. The lowest BCUT2D eigenvalue weighted by atomic mass is 9.48. The number of nitrogens with one attached hydrogen (secondary N) is 1. The highest BCUT2D eigenvalue weighted by Crippen LogP contribution is 2.60. The third-order valence-corrected chi connectivity index (χ3v) is 8.50. The van der Waals surface area contributed by atoms with Crippen molar-refractivity contribution in [3.05, 3.63) is 83.6 Å². The summed E-state index contributed by atoms with van der Waals surface area (Å²) in [6.45, 7) is 0. The molecule has 5 nitrogen and oxygen atoms in total. The molecule has 2 aromatic carbocycles. The number of nitrogens with two attached hydrogens (primary N) is 1. The van der Waals surface area contributed by atoms with Crippen LogP contribution < -0.4 is 16.2 Å². The van der Waals surface area contributed by atoms with E-state index in [1.165, 1.54) is 62.4 Å². The van der Waals surface area contributed by atoms with Gasteiger partial charge < -0.3 is 5.32 Å². The number of rotatable bonds is 5. The third kappa shape index (κ3) is 4.48. The molecule has 0 saturated heterocycles. The Bertz CT molecular complexity index is 1290. The molecular weight excluding hydrogens is 477 g/mol. The number of alkyl halides is 3. The molecule has 4 saturated carbocycles. The number of hydrogen-bond donors (Lipinski definition) is 2. The summed E-state index contributed by atoms with van der Waals surface area (Å²) in [4.78, 5) is 17.4. The van der Waals surface area contributed by atoms with Crippen LogP contribution in [0, 0.1) is 17.8 Å². The van der Waals surface area contributed by atoms with Crippen LogP contribution in [0.2, 0.25) is 0 Å². The number of nitrogens with zero attached hydrogens (tertiary/aromatic N) is 2. The van der Waals surface area contributed by atoms with Crippen molar-refractivity contribution in [3.8, 4) is 0 Å². The topological polar surface area (TPSA) is 71.2 Å². The van der Waals surface area contributed by atoms with Crippen molar-refractivity contribution in [2.24, 2.45) is 23.6 Å². The molecule has 7 rings (SSSR count). The van der Waals surface area contributed by atoms with E-state index in [0.717, 1.165) is 34.9 Å². The first-order valence-electron chi connectivity index (χ1n) is 12.8. The Morgan fingerprint density at radius 2 is 1.59 bits per heavy atom. The van der Waals surface area contributed by atoms with Gasteiger partial charge in [-0.1, -0.05) is 18.2 Å². The molecule has 0 spiro atoms. The summed E-state index contributed by atoms with van der Waals surface area (Å²) >= 11 is 0. The maximum absolute atomic E-state index is 13.2. The summed E-state index contributed by atoms with van der Waals surface area (Å²) in [5.74, 6) is 8.33. The molecule has 1 heterocycles. The van der Waals surface area contributed by atoms with Gasteiger partial charge in [-0.25, -0.2) is 10.8 Å². The maximum atomic E-state index is 13.2. The van der Waals surface area contributed by atoms with E-state index in [4.69, 9.17) is 5.84 Å². The monoisotopic (exact) mass is 506 g/mol. The summed E-state index contributed by atoms with van der Waals surface area (Å²) < 4.78 is 39.5. The highest BCUT2D eigenvalue weighted by Gasteiger charge is 2.51. The number of carbonyl (C=O) groups excluding carboxylic acids is 1. The highest BCUT2D eigenvalue weighted by molar-refractivity contribution is 6.07. The summed E-state index contributed by atoms with van der Waals surface area (Å²) in [5, 5.41) is 3.90. The number of anilines is 3. The van der Waals surface area contributed by atoms with E-state index in [2.05, 4.69) is 22.4 Å². The van der Waals surface area contributed by atoms with Crippen molar-refractivity contribution in [2.75, 3.05) is 10.3 Å². The molecule has 0 radical (unpaired) electrons. The van der Waals surface area contributed by atoms with Gasteiger partial charge in [0, 0.05) is 11.9 Å². The molecule has 0 unspecified atom stereocenters. The van der Waals surface area contributed by atoms with Crippen LogP contribution in [-0.2, 0) is 11.6 Å². The fourth-order valence-corrected chi connectivity index (χ4v) is 7.29. The van der Waals surface area contributed by atoms with E-state index in [0.29, 0.717) is 5.69 Å². The van der Waals surface area contributed by atoms with Crippen LogP contribution in [0.1, 0.15) is 60.0 Å². The number of hydrazine groups is 1. The van der Waals surface area contributed by atoms with Crippen LogP contribution in [0.3, 0.4) is 0 Å². The molecule has 4 aliphatic carbocycles. The third-order valence-electron chi connectivity index (χ3n) is 8.50. The SMILES string of the molecule is NN(c1cccc(C(F)(F)F)c1)c1ncccc1C(=O)Nc1ccc(C23CC4CC(CC(C4)C2)C3)cc1. The minimum atomic E-state index is -4.51. The van der Waals surface area contributed by atoms with E-state index in [9.17, 15) is 18.0 Å². The van der Waals surface area contributed by atoms with Crippen LogP contribution >= 0.6 is 0 Å². The van der Waals surface area contributed by atoms with Gasteiger partial charge in [-0.3, -0.25) is 9.80 Å². The zero-order chi connectivity index (χ0) is 25.8. The fourth-order valence-electron chi connectivity index (χ4n) is 7.29. The average Bonchev–Trinajstić information content (AvgIpc) is 2.87. The first kappa shape index (κ1) is 24.0. The highest BCUT2D eigenvalue weighted by atomic mass is 19.4. The summed E-state index contributed by atoms with van der Waals surface area (Å²) in [7, 11) is 0. The van der Waals surface area contributed by atoms with Crippen LogP contribution in [-0.4, -0.2) is 10.9 Å². The number of aromatic nitrogens is 1. The van der Waals surface area contributed by atoms with E-state index >= 15 is 0 Å². The second kappa shape index (κ2) is 8.87. The Balaban J connectivity index is 1.21. The van der Waals surface area contributed by atoms with E-state index < -0.39 is 17.6 Å². The van der Waals surface area contributed by atoms with E-state index in [1.807, 2.05) is 12.1 Å². The molecule has 4 fully saturated rings. The Morgan fingerprint density at radius 3 is 2.22 bits per heavy atom. The number of benzene rings is 2. The number of amides is 1. The zero-order valence-electron chi connectivity index (χ0n) is 20.3. The second-order valence-corrected chi connectivity index (χ2v) is 11.0. The lowest BCUT2D eigenvalue weighted by Crippen LogP contribution is -2.48. The van der Waals surface area contributed by atoms with Crippen molar-refractivity contribution < 1.29 is 18.0 Å². The van der Waals surface area contributed by atoms with Gasteiger partial charge >= 0.3 is 6.18 Å². The maximum Gasteiger partial charge on any atom is 0.416 e.